The van der Waals surface area contributed by atoms with Gasteiger partial charge in [-0.1, -0.05) is 48.5 Å². The SMILES string of the molecule is O=C(OCCc1ncccc1C(=O)OCc1ccccc1)c1ccccc1. The molecule has 27 heavy (non-hydrogen) atoms. The molecule has 0 saturated carbocycles. The predicted molar refractivity (Wildman–Crippen MR) is 100 cm³/mol. The monoisotopic (exact) mass is 361 g/mol. The first-order valence-electron chi connectivity index (χ1n) is 8.61. The number of pyridine rings is 1. The maximum atomic E-state index is 12.4. The Kier molecular flexibility index (Phi) is 6.30. The zero-order chi connectivity index (χ0) is 18.9. The zero-order valence-electron chi connectivity index (χ0n) is 14.7. The Morgan fingerprint density at radius 1 is 0.778 bits per heavy atom. The fourth-order valence-corrected chi connectivity index (χ4v) is 2.52. The fourth-order valence-electron chi connectivity index (χ4n) is 2.52. The first kappa shape index (κ1) is 18.3. The largest absolute Gasteiger partial charge is 0.462 e. The Hall–Kier alpha value is -3.47. The van der Waals surface area contributed by atoms with Crippen LogP contribution in [-0.2, 0) is 22.5 Å². The molecule has 3 aromatic rings. The van der Waals surface area contributed by atoms with Crippen LogP contribution in [0.25, 0.3) is 0 Å². The molecule has 0 unspecified atom stereocenters. The van der Waals surface area contributed by atoms with Gasteiger partial charge in [0.15, 0.2) is 0 Å². The summed E-state index contributed by atoms with van der Waals surface area (Å²) in [6.45, 7) is 0.320. The van der Waals surface area contributed by atoms with Crippen LogP contribution < -0.4 is 0 Å². The van der Waals surface area contributed by atoms with Gasteiger partial charge in [0.05, 0.1) is 23.4 Å². The molecule has 5 heteroatoms. The van der Waals surface area contributed by atoms with Crippen LogP contribution in [0, 0.1) is 0 Å². The van der Waals surface area contributed by atoms with Crippen molar-refractivity contribution in [2.75, 3.05) is 6.61 Å². The van der Waals surface area contributed by atoms with Gasteiger partial charge in [-0.05, 0) is 29.8 Å². The second kappa shape index (κ2) is 9.29. The van der Waals surface area contributed by atoms with Crippen molar-refractivity contribution < 1.29 is 19.1 Å². The van der Waals surface area contributed by atoms with E-state index in [1.54, 1.807) is 42.6 Å². The molecule has 5 nitrogen and oxygen atoms in total. The van der Waals surface area contributed by atoms with Crippen LogP contribution in [-0.4, -0.2) is 23.5 Å². The number of hydrogen-bond donors (Lipinski definition) is 0. The van der Waals surface area contributed by atoms with Crippen LogP contribution in [0.3, 0.4) is 0 Å². The number of aromatic nitrogens is 1. The third-order valence-electron chi connectivity index (χ3n) is 3.90. The lowest BCUT2D eigenvalue weighted by Crippen LogP contribution is -2.13. The average molecular weight is 361 g/mol. The van der Waals surface area contributed by atoms with Crippen LogP contribution in [0.15, 0.2) is 79.0 Å². The highest BCUT2D eigenvalue weighted by atomic mass is 16.5. The van der Waals surface area contributed by atoms with Crippen molar-refractivity contribution in [2.24, 2.45) is 0 Å². The van der Waals surface area contributed by atoms with Crippen molar-refractivity contribution in [3.8, 4) is 0 Å². The number of benzene rings is 2. The van der Waals surface area contributed by atoms with Crippen molar-refractivity contribution in [2.45, 2.75) is 13.0 Å². The van der Waals surface area contributed by atoms with Gasteiger partial charge in [-0.3, -0.25) is 4.98 Å². The molecule has 1 heterocycles. The van der Waals surface area contributed by atoms with Crippen LogP contribution in [0.5, 0.6) is 0 Å². The lowest BCUT2D eigenvalue weighted by Gasteiger charge is -2.09. The highest BCUT2D eigenvalue weighted by Crippen LogP contribution is 2.11. The van der Waals surface area contributed by atoms with Crippen LogP contribution >= 0.6 is 0 Å². The second-order valence-electron chi connectivity index (χ2n) is 5.81. The van der Waals surface area contributed by atoms with Gasteiger partial charge in [-0.25, -0.2) is 9.59 Å². The smallest absolute Gasteiger partial charge is 0.340 e. The first-order chi connectivity index (χ1) is 13.2. The molecule has 0 fully saturated rings. The van der Waals surface area contributed by atoms with Gasteiger partial charge in [0, 0.05) is 12.6 Å². The number of carbonyl (C=O) groups excluding carboxylic acids is 2. The van der Waals surface area contributed by atoms with Gasteiger partial charge in [0.1, 0.15) is 6.61 Å². The Morgan fingerprint density at radius 3 is 2.22 bits per heavy atom. The van der Waals surface area contributed by atoms with E-state index < -0.39 is 11.9 Å². The lowest BCUT2D eigenvalue weighted by atomic mass is 10.1. The number of esters is 2. The summed E-state index contributed by atoms with van der Waals surface area (Å²) in [5, 5.41) is 0. The standard InChI is InChI=1S/C22H19NO4/c24-21(18-10-5-2-6-11-18)26-15-13-20-19(12-7-14-23-20)22(25)27-16-17-8-3-1-4-9-17/h1-12,14H,13,15-16H2. The van der Waals surface area contributed by atoms with E-state index in [4.69, 9.17) is 9.47 Å². The molecule has 0 aliphatic heterocycles. The fraction of sp³-hybridized carbons (Fsp3) is 0.136. The normalized spacial score (nSPS) is 10.2. The van der Waals surface area contributed by atoms with Crippen molar-refractivity contribution in [1.82, 2.24) is 4.98 Å². The third-order valence-corrected chi connectivity index (χ3v) is 3.90. The van der Waals surface area contributed by atoms with E-state index in [1.807, 2.05) is 36.4 Å². The highest BCUT2D eigenvalue weighted by molar-refractivity contribution is 5.91. The maximum Gasteiger partial charge on any atom is 0.340 e. The number of hydrogen-bond acceptors (Lipinski definition) is 5. The second-order valence-corrected chi connectivity index (χ2v) is 5.81. The topological polar surface area (TPSA) is 65.5 Å². The minimum Gasteiger partial charge on any atom is -0.462 e. The molecule has 136 valence electrons. The first-order valence-corrected chi connectivity index (χ1v) is 8.61. The molecular formula is C22H19NO4. The average Bonchev–Trinajstić information content (AvgIpc) is 2.73. The van der Waals surface area contributed by atoms with Crippen LogP contribution in [0.4, 0.5) is 0 Å². The molecule has 0 radical (unpaired) electrons. The molecule has 1 aromatic heterocycles. The number of rotatable bonds is 7. The maximum absolute atomic E-state index is 12.4. The van der Waals surface area contributed by atoms with Crippen LogP contribution in [0.2, 0.25) is 0 Å². The summed E-state index contributed by atoms with van der Waals surface area (Å²) in [5.74, 6) is -0.851. The van der Waals surface area contributed by atoms with Crippen molar-refractivity contribution in [1.29, 1.82) is 0 Å². The van der Waals surface area contributed by atoms with E-state index in [1.165, 1.54) is 0 Å². The molecule has 0 N–H and O–H groups in total. The summed E-state index contributed by atoms with van der Waals surface area (Å²) in [5.41, 5.74) is 2.31. The minimum absolute atomic E-state index is 0.129. The predicted octanol–water partition coefficient (Wildman–Crippen LogP) is 3.84. The van der Waals surface area contributed by atoms with Crippen molar-refractivity contribution >= 4 is 11.9 Å². The summed E-state index contributed by atoms with van der Waals surface area (Å²) >= 11 is 0. The third kappa shape index (κ3) is 5.25. The van der Waals surface area contributed by atoms with E-state index >= 15 is 0 Å². The minimum atomic E-state index is -0.448. The molecule has 0 saturated heterocycles. The summed E-state index contributed by atoms with van der Waals surface area (Å²) < 4.78 is 10.6. The van der Waals surface area contributed by atoms with Gasteiger partial charge in [-0.2, -0.15) is 0 Å². The van der Waals surface area contributed by atoms with Gasteiger partial charge < -0.3 is 9.47 Å². The summed E-state index contributed by atoms with van der Waals surface area (Å²) in [6, 6.07) is 21.6. The van der Waals surface area contributed by atoms with Gasteiger partial charge in [0.25, 0.3) is 0 Å². The molecule has 0 bridgehead atoms. The van der Waals surface area contributed by atoms with E-state index in [0.29, 0.717) is 23.2 Å². The number of ether oxygens (including phenoxy) is 2. The quantitative estimate of drug-likeness (QED) is 0.598. The summed E-state index contributed by atoms with van der Waals surface area (Å²) in [7, 11) is 0. The van der Waals surface area contributed by atoms with E-state index in [-0.39, 0.29) is 13.2 Å². The molecule has 0 aliphatic rings. The van der Waals surface area contributed by atoms with E-state index in [0.717, 1.165) is 5.56 Å². The lowest BCUT2D eigenvalue weighted by molar-refractivity contribution is 0.0470. The number of carbonyl (C=O) groups is 2. The Morgan fingerprint density at radius 2 is 1.48 bits per heavy atom. The van der Waals surface area contributed by atoms with Gasteiger partial charge in [0.2, 0.25) is 0 Å². The summed E-state index contributed by atoms with van der Waals surface area (Å²) in [6.07, 6.45) is 1.93. The molecular weight excluding hydrogens is 342 g/mol. The molecule has 0 atom stereocenters. The van der Waals surface area contributed by atoms with Crippen molar-refractivity contribution in [3.63, 3.8) is 0 Å². The molecule has 0 amide bonds. The molecule has 0 spiro atoms. The van der Waals surface area contributed by atoms with E-state index in [2.05, 4.69) is 4.98 Å². The zero-order valence-corrected chi connectivity index (χ0v) is 14.7. The van der Waals surface area contributed by atoms with E-state index in [9.17, 15) is 9.59 Å². The highest BCUT2D eigenvalue weighted by Gasteiger charge is 2.15. The Bertz CT molecular complexity index is 894. The van der Waals surface area contributed by atoms with Gasteiger partial charge in [-0.15, -0.1) is 0 Å². The summed E-state index contributed by atoms with van der Waals surface area (Å²) in [4.78, 5) is 28.6. The molecule has 0 aliphatic carbocycles. The van der Waals surface area contributed by atoms with Crippen LogP contribution in [0.1, 0.15) is 32.0 Å². The molecule has 2 aromatic carbocycles. The number of nitrogens with zero attached hydrogens (tertiary/aromatic N) is 1. The Balaban J connectivity index is 1.57. The van der Waals surface area contributed by atoms with Gasteiger partial charge >= 0.3 is 11.9 Å². The molecule has 3 rings (SSSR count). The Labute approximate surface area is 157 Å². The van der Waals surface area contributed by atoms with Crippen molar-refractivity contribution in [3.05, 3.63) is 101 Å².